The van der Waals surface area contributed by atoms with Crippen molar-refractivity contribution in [3.8, 4) is 5.75 Å². The molecule has 4 rings (SSSR count). The molecule has 0 aliphatic carbocycles. The maximum atomic E-state index is 14.3. The van der Waals surface area contributed by atoms with E-state index in [1.807, 2.05) is 64.3 Å². The molecule has 7 nitrogen and oxygen atoms in total. The molecule has 0 spiro atoms. The predicted molar refractivity (Wildman–Crippen MR) is 152 cm³/mol. The van der Waals surface area contributed by atoms with Gasteiger partial charge in [-0.25, -0.2) is 9.37 Å². The van der Waals surface area contributed by atoms with E-state index in [-0.39, 0.29) is 11.1 Å². The Kier molecular flexibility index (Phi) is 8.32. The second kappa shape index (κ2) is 11.5. The van der Waals surface area contributed by atoms with E-state index >= 15 is 0 Å². The Hall–Kier alpha value is -3.20. The van der Waals surface area contributed by atoms with Crippen molar-refractivity contribution in [2.24, 2.45) is 0 Å². The minimum Gasteiger partial charge on any atom is -0.508 e. The molecule has 2 N–H and O–H groups in total. The van der Waals surface area contributed by atoms with Gasteiger partial charge in [0.2, 0.25) is 5.95 Å². The fraction of sp³-hybridized carbons (Fsp3) is 0.357. The van der Waals surface area contributed by atoms with Gasteiger partial charge in [-0.2, -0.15) is 4.98 Å². The molecule has 2 heterocycles. The van der Waals surface area contributed by atoms with Crippen molar-refractivity contribution < 1.29 is 9.50 Å². The first-order chi connectivity index (χ1) is 17.7. The standard InChI is InChI=1S/C28H34ClFN6O/c1-18(23-13-21(37)12-19-8-6-7-9-22(19)23)25(29)14-24-26(15-30)32-28(36-16-20(17-36)34(3)4)33-27(24)35(5)11-10-31-2/h6-9,12-15,20,31,37H,10-11,16-17H2,1-5H3/b24-14+,25-18-,26-15-. The van der Waals surface area contributed by atoms with Gasteiger partial charge in [-0.1, -0.05) is 35.9 Å². The summed E-state index contributed by atoms with van der Waals surface area (Å²) in [5, 5.41) is 16.4. The number of nitrogens with one attached hydrogen (secondary N) is 1. The van der Waals surface area contributed by atoms with Crippen LogP contribution < -0.4 is 25.7 Å². The molecule has 196 valence electrons. The highest BCUT2D eigenvalue weighted by Gasteiger charge is 2.30. The molecule has 0 bridgehead atoms. The molecular formula is C28H34ClFN6O. The maximum absolute atomic E-state index is 14.3. The van der Waals surface area contributed by atoms with Crippen LogP contribution in [-0.4, -0.2) is 80.4 Å². The highest BCUT2D eigenvalue weighted by atomic mass is 35.5. The van der Waals surface area contributed by atoms with Crippen molar-refractivity contribution in [1.82, 2.24) is 20.2 Å². The van der Waals surface area contributed by atoms with E-state index in [0.717, 1.165) is 41.5 Å². The normalized spacial score (nSPS) is 15.9. The van der Waals surface area contributed by atoms with Crippen LogP contribution in [0.1, 0.15) is 12.5 Å². The van der Waals surface area contributed by atoms with Gasteiger partial charge in [0.1, 0.15) is 23.2 Å². The summed E-state index contributed by atoms with van der Waals surface area (Å²) >= 11 is 6.86. The van der Waals surface area contributed by atoms with Gasteiger partial charge in [-0.05, 0) is 68.2 Å². The lowest BCUT2D eigenvalue weighted by Gasteiger charge is -2.42. The Bertz CT molecular complexity index is 1430. The molecule has 0 atom stereocenters. The van der Waals surface area contributed by atoms with Gasteiger partial charge < -0.3 is 25.1 Å². The molecule has 37 heavy (non-hydrogen) atoms. The van der Waals surface area contributed by atoms with Gasteiger partial charge in [0.05, 0.1) is 0 Å². The highest BCUT2D eigenvalue weighted by Crippen LogP contribution is 2.32. The zero-order chi connectivity index (χ0) is 26.7. The van der Waals surface area contributed by atoms with E-state index in [4.69, 9.17) is 16.6 Å². The van der Waals surface area contributed by atoms with Crippen LogP contribution in [-0.2, 0) is 0 Å². The molecule has 1 saturated heterocycles. The number of fused-ring (bicyclic) bond motifs is 1. The molecule has 0 saturated carbocycles. The second-order valence-corrected chi connectivity index (χ2v) is 10.0. The van der Waals surface area contributed by atoms with Crippen LogP contribution in [0.2, 0.25) is 0 Å². The van der Waals surface area contributed by atoms with Crippen LogP contribution >= 0.6 is 11.6 Å². The maximum Gasteiger partial charge on any atom is 0.228 e. The smallest absolute Gasteiger partial charge is 0.228 e. The number of benzene rings is 2. The summed E-state index contributed by atoms with van der Waals surface area (Å²) < 4.78 is 14.3. The summed E-state index contributed by atoms with van der Waals surface area (Å²) in [6.07, 6.45) is 2.23. The summed E-state index contributed by atoms with van der Waals surface area (Å²) in [5.41, 5.74) is 1.56. The monoisotopic (exact) mass is 524 g/mol. The van der Waals surface area contributed by atoms with Crippen molar-refractivity contribution in [2.45, 2.75) is 13.0 Å². The van der Waals surface area contributed by atoms with Gasteiger partial charge in [0.25, 0.3) is 0 Å². The van der Waals surface area contributed by atoms with Gasteiger partial charge >= 0.3 is 0 Å². The van der Waals surface area contributed by atoms with E-state index in [0.29, 0.717) is 40.9 Å². The average Bonchev–Trinajstić information content (AvgIpc) is 2.85. The Morgan fingerprint density at radius 2 is 1.95 bits per heavy atom. The zero-order valence-corrected chi connectivity index (χ0v) is 22.7. The number of hydrogen-bond acceptors (Lipinski definition) is 7. The third kappa shape index (κ3) is 5.71. The number of hydrogen-bond donors (Lipinski definition) is 2. The molecule has 0 amide bonds. The number of allylic oxidation sites excluding steroid dienone is 2. The van der Waals surface area contributed by atoms with Crippen molar-refractivity contribution in [2.75, 3.05) is 64.2 Å². The van der Waals surface area contributed by atoms with Crippen molar-refractivity contribution >= 4 is 52.1 Å². The zero-order valence-electron chi connectivity index (χ0n) is 22.0. The molecule has 1 aliphatic heterocycles. The first-order valence-electron chi connectivity index (χ1n) is 12.3. The number of aromatic hydroxyl groups is 1. The summed E-state index contributed by atoms with van der Waals surface area (Å²) in [4.78, 5) is 15.6. The number of aromatic nitrogens is 2. The Balaban J connectivity index is 1.86. The van der Waals surface area contributed by atoms with Crippen molar-refractivity contribution in [3.63, 3.8) is 0 Å². The van der Waals surface area contributed by atoms with E-state index < -0.39 is 0 Å². The third-order valence-corrected chi connectivity index (χ3v) is 7.25. The number of likely N-dealkylation sites (N-methyl/N-ethyl adjacent to an activating group) is 3. The number of phenolic OH excluding ortho intramolecular Hbond substituents is 1. The van der Waals surface area contributed by atoms with Crippen molar-refractivity contribution in [3.05, 3.63) is 57.6 Å². The molecule has 1 aliphatic rings. The summed E-state index contributed by atoms with van der Waals surface area (Å²) in [6.45, 7) is 4.85. The fourth-order valence-electron chi connectivity index (χ4n) is 4.42. The first kappa shape index (κ1) is 26.9. The van der Waals surface area contributed by atoms with Crippen LogP contribution in [0, 0.1) is 0 Å². The quantitative estimate of drug-likeness (QED) is 0.469. The molecule has 9 heteroatoms. The third-order valence-electron chi connectivity index (χ3n) is 6.86. The van der Waals surface area contributed by atoms with E-state index in [1.54, 1.807) is 18.2 Å². The summed E-state index contributed by atoms with van der Waals surface area (Å²) in [7, 11) is 7.90. The molecule has 0 radical (unpaired) electrons. The van der Waals surface area contributed by atoms with Crippen LogP contribution in [0.25, 0.3) is 28.8 Å². The predicted octanol–water partition coefficient (Wildman–Crippen LogP) is 2.90. The molecule has 0 unspecified atom stereocenters. The van der Waals surface area contributed by atoms with Gasteiger partial charge in [0, 0.05) is 49.5 Å². The first-order valence-corrected chi connectivity index (χ1v) is 12.7. The molecule has 2 aromatic carbocycles. The minimum atomic E-state index is 0.154. The summed E-state index contributed by atoms with van der Waals surface area (Å²) in [5.74, 6) is 1.26. The topological polar surface area (TPSA) is 67.8 Å². The molecule has 3 aromatic rings. The Morgan fingerprint density at radius 1 is 1.22 bits per heavy atom. The average molecular weight is 525 g/mol. The summed E-state index contributed by atoms with van der Waals surface area (Å²) in [6, 6.07) is 11.6. The SMILES string of the molecule is CNCCN(C)c1nc(N2CC(N(C)C)C2)nc(=C\F)/c1=C\C(Cl)=C(/C)c1cc(O)cc2ccccc12. The number of rotatable bonds is 8. The Morgan fingerprint density at radius 3 is 2.62 bits per heavy atom. The van der Waals surface area contributed by atoms with Gasteiger partial charge in [0.15, 0.2) is 0 Å². The van der Waals surface area contributed by atoms with E-state index in [2.05, 4.69) is 20.1 Å². The molecule has 1 aromatic heterocycles. The lowest BCUT2D eigenvalue weighted by molar-refractivity contribution is 0.245. The van der Waals surface area contributed by atoms with Gasteiger partial charge in [-0.15, -0.1) is 0 Å². The lowest BCUT2D eigenvalue weighted by Crippen LogP contribution is -2.58. The number of phenols is 1. The van der Waals surface area contributed by atoms with Crippen molar-refractivity contribution in [1.29, 1.82) is 0 Å². The van der Waals surface area contributed by atoms with Crippen LogP contribution in [0.5, 0.6) is 5.75 Å². The number of nitrogens with zero attached hydrogens (tertiary/aromatic N) is 5. The van der Waals surface area contributed by atoms with E-state index in [1.165, 1.54) is 0 Å². The number of halogens is 2. The second-order valence-electron chi connectivity index (χ2n) is 9.63. The van der Waals surface area contributed by atoms with Crippen LogP contribution in [0.3, 0.4) is 0 Å². The number of anilines is 2. The minimum absolute atomic E-state index is 0.154. The molecular weight excluding hydrogens is 491 g/mol. The van der Waals surface area contributed by atoms with Gasteiger partial charge in [-0.3, -0.25) is 0 Å². The van der Waals surface area contributed by atoms with E-state index in [9.17, 15) is 9.50 Å². The lowest BCUT2D eigenvalue weighted by atomic mass is 9.98. The van der Waals surface area contributed by atoms with Crippen LogP contribution in [0.4, 0.5) is 16.2 Å². The molecule has 1 fully saturated rings. The Labute approximate surface area is 222 Å². The fourth-order valence-corrected chi connectivity index (χ4v) is 4.63. The largest absolute Gasteiger partial charge is 0.508 e. The highest BCUT2D eigenvalue weighted by molar-refractivity contribution is 6.37. The van der Waals surface area contributed by atoms with Crippen LogP contribution in [0.15, 0.2) is 41.4 Å².